The van der Waals surface area contributed by atoms with E-state index in [1.165, 1.54) is 30.2 Å². The Hall–Kier alpha value is -3.16. The number of hydrogen-bond donors (Lipinski definition) is 0. The number of fused-ring (bicyclic) bond motifs is 3. The zero-order valence-corrected chi connectivity index (χ0v) is 19.5. The van der Waals surface area contributed by atoms with E-state index in [2.05, 4.69) is 4.90 Å². The summed E-state index contributed by atoms with van der Waals surface area (Å²) < 4.78 is 16.1. The molecule has 0 unspecified atom stereocenters. The molecule has 2 aromatic heterocycles. The molecule has 8 heteroatoms. The number of carbonyl (C=O) groups excluding carboxylic acids is 1. The van der Waals surface area contributed by atoms with Crippen molar-refractivity contribution < 1.29 is 9.18 Å². The Labute approximate surface area is 199 Å². The summed E-state index contributed by atoms with van der Waals surface area (Å²) in [5.41, 5.74) is 4.37. The molecule has 0 bridgehead atoms. The fourth-order valence-electron chi connectivity index (χ4n) is 5.85. The molecule has 2 saturated heterocycles. The number of benzene rings is 1. The maximum atomic E-state index is 14.1. The van der Waals surface area contributed by atoms with Crippen LogP contribution in [0.2, 0.25) is 0 Å². The van der Waals surface area contributed by atoms with Crippen molar-refractivity contribution in [3.05, 3.63) is 53.7 Å². The summed E-state index contributed by atoms with van der Waals surface area (Å²) in [5, 5.41) is 4.81. The molecular formula is C26H31FN6O. The van der Waals surface area contributed by atoms with Gasteiger partial charge in [0.2, 0.25) is 5.91 Å². The molecule has 0 radical (unpaired) electrons. The zero-order valence-electron chi connectivity index (χ0n) is 19.5. The van der Waals surface area contributed by atoms with E-state index >= 15 is 0 Å². The van der Waals surface area contributed by atoms with Crippen molar-refractivity contribution in [2.75, 3.05) is 49.1 Å². The topological polar surface area (TPSA) is 57.0 Å². The van der Waals surface area contributed by atoms with Crippen LogP contribution in [0.3, 0.4) is 0 Å². The van der Waals surface area contributed by atoms with Crippen LogP contribution in [-0.2, 0) is 17.6 Å². The number of aromatic nitrogens is 3. The molecule has 2 fully saturated rings. The van der Waals surface area contributed by atoms with E-state index in [-0.39, 0.29) is 17.6 Å². The van der Waals surface area contributed by atoms with Gasteiger partial charge in [0.15, 0.2) is 5.82 Å². The lowest BCUT2D eigenvalue weighted by Gasteiger charge is -2.39. The van der Waals surface area contributed by atoms with Crippen LogP contribution in [0.4, 0.5) is 15.9 Å². The molecule has 0 saturated carbocycles. The van der Waals surface area contributed by atoms with Crippen LogP contribution in [0.15, 0.2) is 36.7 Å². The summed E-state index contributed by atoms with van der Waals surface area (Å²) in [6.45, 7) is 4.30. The molecule has 3 aromatic rings. The number of amides is 1. The van der Waals surface area contributed by atoms with Gasteiger partial charge in [-0.3, -0.25) is 4.79 Å². The molecule has 0 atom stereocenters. The van der Waals surface area contributed by atoms with Gasteiger partial charge in [-0.2, -0.15) is 5.10 Å². The van der Waals surface area contributed by atoms with Crippen molar-refractivity contribution in [2.24, 2.45) is 5.92 Å². The minimum Gasteiger partial charge on any atom is -0.366 e. The van der Waals surface area contributed by atoms with Crippen LogP contribution < -0.4 is 9.80 Å². The van der Waals surface area contributed by atoms with Crippen LogP contribution in [-0.4, -0.2) is 64.7 Å². The molecule has 178 valence electrons. The van der Waals surface area contributed by atoms with Gasteiger partial charge in [-0.15, -0.1) is 0 Å². The lowest BCUT2D eigenvalue weighted by atomic mass is 9.94. The molecule has 4 heterocycles. The quantitative estimate of drug-likeness (QED) is 0.598. The Morgan fingerprint density at radius 1 is 0.941 bits per heavy atom. The highest BCUT2D eigenvalue weighted by Gasteiger charge is 2.32. The number of hydrogen-bond acceptors (Lipinski definition) is 5. The van der Waals surface area contributed by atoms with Gasteiger partial charge < -0.3 is 14.7 Å². The molecule has 1 aromatic carbocycles. The third-order valence-electron chi connectivity index (χ3n) is 7.73. The second kappa shape index (κ2) is 8.89. The Morgan fingerprint density at radius 3 is 2.50 bits per heavy atom. The molecule has 0 N–H and O–H groups in total. The molecular weight excluding hydrogens is 431 g/mol. The summed E-state index contributed by atoms with van der Waals surface area (Å²) >= 11 is 0. The number of para-hydroxylation sites is 1. The molecule has 2 aliphatic heterocycles. The summed E-state index contributed by atoms with van der Waals surface area (Å²) in [5.74, 6) is 1.12. The number of piperazine rings is 1. The van der Waals surface area contributed by atoms with Crippen molar-refractivity contribution in [1.29, 1.82) is 0 Å². The average molecular weight is 463 g/mol. The summed E-state index contributed by atoms with van der Waals surface area (Å²) in [7, 11) is 0. The molecule has 3 aliphatic rings. The van der Waals surface area contributed by atoms with E-state index < -0.39 is 0 Å². The van der Waals surface area contributed by atoms with Crippen molar-refractivity contribution >= 4 is 22.9 Å². The average Bonchev–Trinajstić information content (AvgIpc) is 3.28. The van der Waals surface area contributed by atoms with Crippen LogP contribution >= 0.6 is 0 Å². The maximum absolute atomic E-state index is 14.1. The van der Waals surface area contributed by atoms with E-state index in [0.29, 0.717) is 31.9 Å². The molecule has 1 aliphatic carbocycles. The first-order valence-corrected chi connectivity index (χ1v) is 12.6. The summed E-state index contributed by atoms with van der Waals surface area (Å²) in [4.78, 5) is 24.4. The van der Waals surface area contributed by atoms with Gasteiger partial charge in [-0.25, -0.2) is 13.9 Å². The van der Waals surface area contributed by atoms with Gasteiger partial charge in [-0.05, 0) is 50.7 Å². The normalized spacial score (nSPS) is 19.5. The minimum absolute atomic E-state index is 0.0508. The molecule has 34 heavy (non-hydrogen) atoms. The van der Waals surface area contributed by atoms with Gasteiger partial charge in [0.25, 0.3) is 0 Å². The highest BCUT2D eigenvalue weighted by atomic mass is 19.1. The Bertz CT molecular complexity index is 1190. The first-order chi connectivity index (χ1) is 16.7. The fraction of sp³-hybridized carbons (Fsp3) is 0.500. The van der Waals surface area contributed by atoms with Crippen LogP contribution in [0.25, 0.3) is 5.52 Å². The minimum atomic E-state index is -0.197. The highest BCUT2D eigenvalue weighted by molar-refractivity contribution is 5.80. The smallest absolute Gasteiger partial charge is 0.225 e. The first kappa shape index (κ1) is 21.4. The summed E-state index contributed by atoms with van der Waals surface area (Å²) in [6.07, 6.45) is 10.0. The van der Waals surface area contributed by atoms with Gasteiger partial charge >= 0.3 is 0 Å². The van der Waals surface area contributed by atoms with E-state index in [0.717, 1.165) is 50.1 Å². The van der Waals surface area contributed by atoms with Gasteiger partial charge in [-0.1, -0.05) is 12.1 Å². The highest BCUT2D eigenvalue weighted by Crippen LogP contribution is 2.32. The maximum Gasteiger partial charge on any atom is 0.225 e. The second-order valence-corrected chi connectivity index (χ2v) is 9.70. The predicted molar refractivity (Wildman–Crippen MR) is 130 cm³/mol. The molecule has 6 rings (SSSR count). The molecule has 0 spiro atoms. The van der Waals surface area contributed by atoms with Gasteiger partial charge in [0, 0.05) is 63.1 Å². The monoisotopic (exact) mass is 462 g/mol. The fourth-order valence-corrected chi connectivity index (χ4v) is 5.85. The van der Waals surface area contributed by atoms with E-state index in [1.807, 2.05) is 38.8 Å². The predicted octanol–water partition coefficient (Wildman–Crippen LogP) is 3.31. The number of halogens is 1. The lowest BCUT2D eigenvalue weighted by molar-refractivity contribution is -0.136. The first-order valence-electron chi connectivity index (χ1n) is 12.6. The number of aryl methyl sites for hydroxylation is 2. The van der Waals surface area contributed by atoms with E-state index in [9.17, 15) is 9.18 Å². The number of rotatable bonds is 3. The van der Waals surface area contributed by atoms with Crippen molar-refractivity contribution in [3.8, 4) is 0 Å². The lowest BCUT2D eigenvalue weighted by Crippen LogP contribution is -2.52. The Kier molecular flexibility index (Phi) is 5.59. The third-order valence-corrected chi connectivity index (χ3v) is 7.73. The molecule has 1 amide bonds. The van der Waals surface area contributed by atoms with Crippen LogP contribution in [0.5, 0.6) is 0 Å². The second-order valence-electron chi connectivity index (χ2n) is 9.70. The largest absolute Gasteiger partial charge is 0.366 e. The standard InChI is InChI=1S/C26H31FN6O/c27-21-6-2-4-8-23(21)30-15-17-32(18-16-30)26(34)19-9-12-31(13-10-19)25-24-20-5-1-3-7-22(20)29-33(24)14-11-28-25/h2,4,6,8,11,14,19H,1,3,5,7,9-10,12-13,15-18H2. The van der Waals surface area contributed by atoms with Crippen molar-refractivity contribution in [1.82, 2.24) is 19.5 Å². The Balaban J connectivity index is 1.10. The van der Waals surface area contributed by atoms with Crippen LogP contribution in [0, 0.1) is 11.7 Å². The van der Waals surface area contributed by atoms with Crippen LogP contribution in [0.1, 0.15) is 36.9 Å². The third kappa shape index (κ3) is 3.79. The van der Waals surface area contributed by atoms with E-state index in [1.54, 1.807) is 6.07 Å². The zero-order chi connectivity index (χ0) is 23.1. The van der Waals surface area contributed by atoms with Gasteiger partial charge in [0.05, 0.1) is 11.4 Å². The molecule has 7 nitrogen and oxygen atoms in total. The number of carbonyl (C=O) groups is 1. The van der Waals surface area contributed by atoms with Crippen molar-refractivity contribution in [2.45, 2.75) is 38.5 Å². The van der Waals surface area contributed by atoms with E-state index in [4.69, 9.17) is 10.1 Å². The van der Waals surface area contributed by atoms with Crippen molar-refractivity contribution in [3.63, 3.8) is 0 Å². The number of nitrogens with zero attached hydrogens (tertiary/aromatic N) is 6. The SMILES string of the molecule is O=C(C1CCN(c2nccn3nc4c(c23)CCCC4)CC1)N1CCN(c2ccccc2F)CC1. The number of piperidine rings is 1. The Morgan fingerprint density at radius 2 is 1.71 bits per heavy atom. The number of anilines is 2. The summed E-state index contributed by atoms with van der Waals surface area (Å²) in [6, 6.07) is 6.88. The van der Waals surface area contributed by atoms with Gasteiger partial charge in [0.1, 0.15) is 11.3 Å².